The van der Waals surface area contributed by atoms with Gasteiger partial charge in [-0.1, -0.05) is 12.1 Å². The molecule has 1 saturated carbocycles. The van der Waals surface area contributed by atoms with E-state index in [9.17, 15) is 4.39 Å². The van der Waals surface area contributed by atoms with E-state index < -0.39 is 5.95 Å². The second-order valence-corrected chi connectivity index (χ2v) is 6.04. The second-order valence-electron chi connectivity index (χ2n) is 6.04. The Bertz CT molecular complexity index is 658. The summed E-state index contributed by atoms with van der Waals surface area (Å²) >= 11 is 0. The number of aryl methyl sites for hydroxylation is 1. The third kappa shape index (κ3) is 2.39. The van der Waals surface area contributed by atoms with Crippen LogP contribution in [0.1, 0.15) is 24.6 Å². The van der Waals surface area contributed by atoms with Gasteiger partial charge in [-0.25, -0.2) is 9.67 Å². The first kappa shape index (κ1) is 12.7. The summed E-state index contributed by atoms with van der Waals surface area (Å²) in [4.78, 5) is 6.32. The molecule has 2 aromatic heterocycles. The van der Waals surface area contributed by atoms with Crippen LogP contribution in [0.3, 0.4) is 0 Å². The van der Waals surface area contributed by atoms with Crippen molar-refractivity contribution in [3.05, 3.63) is 35.5 Å². The van der Waals surface area contributed by atoms with Gasteiger partial charge in [0.2, 0.25) is 5.95 Å². The molecule has 2 aromatic rings. The smallest absolute Gasteiger partial charge is 0.219 e. The van der Waals surface area contributed by atoms with E-state index in [1.165, 1.54) is 6.42 Å². The third-order valence-electron chi connectivity index (χ3n) is 4.49. The van der Waals surface area contributed by atoms with Crippen LogP contribution in [0.5, 0.6) is 0 Å². The molecule has 2 atom stereocenters. The molecule has 0 aromatic carbocycles. The molecule has 0 spiro atoms. The second kappa shape index (κ2) is 4.79. The minimum atomic E-state index is -0.401. The highest BCUT2D eigenvalue weighted by Gasteiger charge is 2.45. The van der Waals surface area contributed by atoms with E-state index in [2.05, 4.69) is 20.2 Å². The number of aromatic nitrogens is 4. The Kier molecular flexibility index (Phi) is 2.90. The van der Waals surface area contributed by atoms with E-state index in [0.29, 0.717) is 12.1 Å². The monoisotopic (exact) mass is 287 g/mol. The van der Waals surface area contributed by atoms with Crippen molar-refractivity contribution in [1.29, 1.82) is 0 Å². The molecule has 1 aliphatic heterocycles. The number of rotatable bonds is 4. The van der Waals surface area contributed by atoms with Crippen LogP contribution >= 0.6 is 0 Å². The Morgan fingerprint density at radius 3 is 2.76 bits per heavy atom. The van der Waals surface area contributed by atoms with Crippen molar-refractivity contribution in [3.8, 4) is 0 Å². The predicted octanol–water partition coefficient (Wildman–Crippen LogP) is 1.88. The first-order valence-corrected chi connectivity index (χ1v) is 7.52. The van der Waals surface area contributed by atoms with Crippen molar-refractivity contribution >= 4 is 5.82 Å². The molecule has 4 rings (SSSR count). The molecule has 6 heteroatoms. The lowest BCUT2D eigenvalue weighted by molar-refractivity contribution is 0.543. The Morgan fingerprint density at radius 2 is 2.10 bits per heavy atom. The number of pyridine rings is 1. The van der Waals surface area contributed by atoms with E-state index in [1.54, 1.807) is 4.68 Å². The van der Waals surface area contributed by atoms with E-state index in [4.69, 9.17) is 0 Å². The van der Waals surface area contributed by atoms with Crippen LogP contribution in [0, 0.1) is 17.8 Å². The highest BCUT2D eigenvalue weighted by atomic mass is 19.1. The summed E-state index contributed by atoms with van der Waals surface area (Å²) in [6.07, 6.45) is 4.02. The first-order valence-electron chi connectivity index (χ1n) is 7.52. The number of halogens is 1. The molecule has 1 saturated heterocycles. The summed E-state index contributed by atoms with van der Waals surface area (Å²) in [7, 11) is 0. The van der Waals surface area contributed by atoms with Crippen molar-refractivity contribution < 1.29 is 4.39 Å². The summed E-state index contributed by atoms with van der Waals surface area (Å²) < 4.78 is 15.8. The topological polar surface area (TPSA) is 46.8 Å². The van der Waals surface area contributed by atoms with Gasteiger partial charge in [-0.15, -0.1) is 5.10 Å². The van der Waals surface area contributed by atoms with Gasteiger partial charge in [0.25, 0.3) is 0 Å². The number of nitrogens with zero attached hydrogens (tertiary/aromatic N) is 5. The molecular formula is C15H18FN5. The minimum absolute atomic E-state index is 0.372. The number of piperidine rings is 1. The van der Waals surface area contributed by atoms with Crippen LogP contribution < -0.4 is 4.90 Å². The lowest BCUT2D eigenvalue weighted by Crippen LogP contribution is -2.23. The van der Waals surface area contributed by atoms with E-state index >= 15 is 0 Å². The highest BCUT2D eigenvalue weighted by molar-refractivity contribution is 5.42. The van der Waals surface area contributed by atoms with Crippen LogP contribution in [0.4, 0.5) is 10.2 Å². The van der Waals surface area contributed by atoms with Crippen LogP contribution in [0.2, 0.25) is 0 Å². The molecule has 3 heterocycles. The zero-order chi connectivity index (χ0) is 14.4. The van der Waals surface area contributed by atoms with Crippen molar-refractivity contribution in [2.45, 2.75) is 26.3 Å². The molecule has 0 bridgehead atoms. The van der Waals surface area contributed by atoms with Gasteiger partial charge in [-0.3, -0.25) is 0 Å². The largest absolute Gasteiger partial charge is 0.356 e. The summed E-state index contributed by atoms with van der Waals surface area (Å²) in [5, 5.41) is 8.02. The fraction of sp³-hybridized carbons (Fsp3) is 0.533. The van der Waals surface area contributed by atoms with Gasteiger partial charge in [0, 0.05) is 24.8 Å². The van der Waals surface area contributed by atoms with Gasteiger partial charge >= 0.3 is 0 Å². The Balaban J connectivity index is 1.50. The maximum atomic E-state index is 14.2. The van der Waals surface area contributed by atoms with Gasteiger partial charge in [0.15, 0.2) is 0 Å². The maximum Gasteiger partial charge on any atom is 0.219 e. The number of hydrogen-bond donors (Lipinski definition) is 0. The fourth-order valence-corrected chi connectivity index (χ4v) is 3.09. The molecule has 0 radical (unpaired) electrons. The molecule has 2 unspecified atom stereocenters. The summed E-state index contributed by atoms with van der Waals surface area (Å²) in [6.45, 7) is 4.45. The molecule has 2 fully saturated rings. The van der Waals surface area contributed by atoms with Crippen molar-refractivity contribution in [2.75, 3.05) is 18.0 Å². The van der Waals surface area contributed by atoms with Crippen molar-refractivity contribution in [2.24, 2.45) is 11.8 Å². The Labute approximate surface area is 122 Å². The fourth-order valence-electron chi connectivity index (χ4n) is 3.09. The number of anilines is 1. The number of fused-ring (bicyclic) bond motifs is 1. The standard InChI is InChI=1S/C15H18FN5/c1-2-13-9-21(19-18-13)8-10-3-4-14(17-15(10)16)20-6-11-5-12(11)7-20/h3-4,9,11-12H,2,5-8H2,1H3. The highest BCUT2D eigenvalue weighted by Crippen LogP contribution is 2.45. The summed E-state index contributed by atoms with van der Waals surface area (Å²) in [5.41, 5.74) is 1.46. The normalized spacial score (nSPS) is 23.4. The molecule has 21 heavy (non-hydrogen) atoms. The first-order chi connectivity index (χ1) is 10.2. The van der Waals surface area contributed by atoms with Crippen LogP contribution in [0.15, 0.2) is 18.3 Å². The van der Waals surface area contributed by atoms with Gasteiger partial charge in [0.1, 0.15) is 5.82 Å². The molecule has 1 aliphatic carbocycles. The lowest BCUT2D eigenvalue weighted by Gasteiger charge is -2.19. The predicted molar refractivity (Wildman–Crippen MR) is 76.5 cm³/mol. The Morgan fingerprint density at radius 1 is 1.29 bits per heavy atom. The van der Waals surface area contributed by atoms with Gasteiger partial charge < -0.3 is 4.90 Å². The zero-order valence-electron chi connectivity index (χ0n) is 12.0. The van der Waals surface area contributed by atoms with Gasteiger partial charge in [-0.05, 0) is 36.8 Å². The summed E-state index contributed by atoms with van der Waals surface area (Å²) in [6, 6.07) is 3.73. The van der Waals surface area contributed by atoms with Crippen LogP contribution in [-0.2, 0) is 13.0 Å². The van der Waals surface area contributed by atoms with Gasteiger partial charge in [-0.2, -0.15) is 4.39 Å². The third-order valence-corrected chi connectivity index (χ3v) is 4.49. The SMILES string of the molecule is CCc1cn(Cc2ccc(N3CC4CC4C3)nc2F)nn1. The Hall–Kier alpha value is -1.98. The average molecular weight is 287 g/mol. The molecule has 110 valence electrons. The van der Waals surface area contributed by atoms with Crippen molar-refractivity contribution in [1.82, 2.24) is 20.0 Å². The molecule has 0 amide bonds. The van der Waals surface area contributed by atoms with Crippen LogP contribution in [0.25, 0.3) is 0 Å². The van der Waals surface area contributed by atoms with Gasteiger partial charge in [0.05, 0.1) is 12.2 Å². The van der Waals surface area contributed by atoms with E-state index in [1.807, 2.05) is 25.3 Å². The zero-order valence-corrected chi connectivity index (χ0v) is 12.0. The van der Waals surface area contributed by atoms with Crippen molar-refractivity contribution in [3.63, 3.8) is 0 Å². The lowest BCUT2D eigenvalue weighted by atomic mass is 10.2. The molecule has 2 aliphatic rings. The summed E-state index contributed by atoms with van der Waals surface area (Å²) in [5.74, 6) is 1.99. The maximum absolute atomic E-state index is 14.2. The minimum Gasteiger partial charge on any atom is -0.356 e. The molecule has 5 nitrogen and oxygen atoms in total. The average Bonchev–Trinajstić information content (AvgIpc) is 2.90. The van der Waals surface area contributed by atoms with Crippen LogP contribution in [-0.4, -0.2) is 33.1 Å². The molecular weight excluding hydrogens is 269 g/mol. The quantitative estimate of drug-likeness (QED) is 0.806. The van der Waals surface area contributed by atoms with E-state index in [-0.39, 0.29) is 0 Å². The van der Waals surface area contributed by atoms with E-state index in [0.717, 1.165) is 42.9 Å². The molecule has 0 N–H and O–H groups in total. The number of hydrogen-bond acceptors (Lipinski definition) is 4.